The largest absolute Gasteiger partial charge is 0.497 e. The zero-order valence-electron chi connectivity index (χ0n) is 7.21. The fourth-order valence-electron chi connectivity index (χ4n) is 1.29. The minimum Gasteiger partial charge on any atom is -0.497 e. The highest BCUT2D eigenvalue weighted by atomic mass is 79.9. The van der Waals surface area contributed by atoms with Gasteiger partial charge in [0.25, 0.3) is 0 Å². The molecule has 0 spiro atoms. The smallest absolute Gasteiger partial charge is 0.133 e. The van der Waals surface area contributed by atoms with Gasteiger partial charge in [-0.05, 0) is 34.5 Å². The summed E-state index contributed by atoms with van der Waals surface area (Å²) < 4.78 is 11.5. The fourth-order valence-corrected chi connectivity index (χ4v) is 1.66. The standard InChI is InChI=1S/C10H9BrO2/c1-12-9-3-2-7-4-8(11)6-13-10(7)5-9/h3-6H,2H2,1H3. The second-order valence-corrected chi connectivity index (χ2v) is 3.73. The SMILES string of the molecule is COC1=CCC2=CC(Br)=COC2=C1. The summed E-state index contributed by atoms with van der Waals surface area (Å²) >= 11 is 3.36. The molecule has 0 radical (unpaired) electrons. The Hall–Kier alpha value is -0.960. The summed E-state index contributed by atoms with van der Waals surface area (Å²) in [6.07, 6.45) is 8.51. The van der Waals surface area contributed by atoms with Crippen LogP contribution in [0.1, 0.15) is 6.42 Å². The molecule has 1 heterocycles. The van der Waals surface area contributed by atoms with E-state index in [0.29, 0.717) is 0 Å². The molecule has 1 aliphatic carbocycles. The number of halogens is 1. The molecule has 3 heteroatoms. The third kappa shape index (κ3) is 1.70. The van der Waals surface area contributed by atoms with Gasteiger partial charge in [0.1, 0.15) is 17.8 Å². The first-order valence-electron chi connectivity index (χ1n) is 3.99. The summed E-state index contributed by atoms with van der Waals surface area (Å²) in [7, 11) is 1.66. The zero-order valence-corrected chi connectivity index (χ0v) is 8.80. The van der Waals surface area contributed by atoms with Gasteiger partial charge in [-0.25, -0.2) is 0 Å². The van der Waals surface area contributed by atoms with Gasteiger partial charge in [-0.2, -0.15) is 0 Å². The predicted molar refractivity (Wildman–Crippen MR) is 54.0 cm³/mol. The number of allylic oxidation sites excluding steroid dienone is 5. The Bertz CT molecular complexity index is 348. The first kappa shape index (κ1) is 8.63. The van der Waals surface area contributed by atoms with Crippen molar-refractivity contribution in [3.8, 4) is 0 Å². The lowest BCUT2D eigenvalue weighted by molar-refractivity contribution is 0.292. The molecule has 68 valence electrons. The van der Waals surface area contributed by atoms with Crippen LogP contribution in [-0.4, -0.2) is 7.11 Å². The van der Waals surface area contributed by atoms with Crippen molar-refractivity contribution in [3.05, 3.63) is 46.1 Å². The number of hydrogen-bond donors (Lipinski definition) is 0. The molecule has 2 nitrogen and oxygen atoms in total. The van der Waals surface area contributed by atoms with Crippen LogP contribution < -0.4 is 0 Å². The molecular weight excluding hydrogens is 232 g/mol. The van der Waals surface area contributed by atoms with Crippen molar-refractivity contribution in [2.24, 2.45) is 0 Å². The van der Waals surface area contributed by atoms with E-state index < -0.39 is 0 Å². The molecular formula is C10H9BrO2. The van der Waals surface area contributed by atoms with Gasteiger partial charge in [0.05, 0.1) is 11.6 Å². The molecule has 0 aromatic heterocycles. The molecule has 0 N–H and O–H groups in total. The Labute approximate surface area is 85.3 Å². The van der Waals surface area contributed by atoms with Gasteiger partial charge >= 0.3 is 0 Å². The second-order valence-electron chi connectivity index (χ2n) is 2.81. The third-order valence-corrected chi connectivity index (χ3v) is 2.38. The summed E-state index contributed by atoms with van der Waals surface area (Å²) in [4.78, 5) is 0. The van der Waals surface area contributed by atoms with Crippen molar-refractivity contribution in [3.63, 3.8) is 0 Å². The summed E-state index contributed by atoms with van der Waals surface area (Å²) in [6.45, 7) is 0. The Morgan fingerprint density at radius 2 is 2.31 bits per heavy atom. The van der Waals surface area contributed by atoms with Crippen LogP contribution in [0.3, 0.4) is 0 Å². The van der Waals surface area contributed by atoms with Gasteiger partial charge < -0.3 is 9.47 Å². The third-order valence-electron chi connectivity index (χ3n) is 1.96. The lowest BCUT2D eigenvalue weighted by Gasteiger charge is -2.18. The van der Waals surface area contributed by atoms with Gasteiger partial charge in [0, 0.05) is 11.6 Å². The average molecular weight is 241 g/mol. The van der Waals surface area contributed by atoms with E-state index in [0.717, 1.165) is 22.4 Å². The molecule has 1 aliphatic heterocycles. The molecule has 0 aromatic rings. The van der Waals surface area contributed by atoms with Crippen molar-refractivity contribution < 1.29 is 9.47 Å². The monoisotopic (exact) mass is 240 g/mol. The van der Waals surface area contributed by atoms with Crippen molar-refractivity contribution in [1.82, 2.24) is 0 Å². The Morgan fingerprint density at radius 1 is 1.46 bits per heavy atom. The van der Waals surface area contributed by atoms with E-state index in [4.69, 9.17) is 9.47 Å². The van der Waals surface area contributed by atoms with Crippen LogP contribution in [0.15, 0.2) is 46.1 Å². The van der Waals surface area contributed by atoms with E-state index in [1.54, 1.807) is 13.4 Å². The normalized spacial score (nSPS) is 20.2. The topological polar surface area (TPSA) is 18.5 Å². The summed E-state index contributed by atoms with van der Waals surface area (Å²) in [5, 5.41) is 0. The minimum absolute atomic E-state index is 0.859. The summed E-state index contributed by atoms with van der Waals surface area (Å²) in [6, 6.07) is 0. The van der Waals surface area contributed by atoms with Crippen molar-refractivity contribution in [2.75, 3.05) is 7.11 Å². The van der Waals surface area contributed by atoms with E-state index in [1.165, 1.54) is 5.57 Å². The molecule has 13 heavy (non-hydrogen) atoms. The van der Waals surface area contributed by atoms with E-state index in [9.17, 15) is 0 Å². The van der Waals surface area contributed by atoms with Gasteiger partial charge in [0.2, 0.25) is 0 Å². The van der Waals surface area contributed by atoms with E-state index >= 15 is 0 Å². The number of ether oxygens (including phenoxy) is 2. The Morgan fingerprint density at radius 3 is 3.08 bits per heavy atom. The fraction of sp³-hybridized carbons (Fsp3) is 0.200. The van der Waals surface area contributed by atoms with Crippen LogP contribution in [0.2, 0.25) is 0 Å². The lowest BCUT2D eigenvalue weighted by Crippen LogP contribution is -2.02. The molecule has 2 aliphatic rings. The molecule has 0 unspecified atom stereocenters. The number of rotatable bonds is 1. The minimum atomic E-state index is 0.859. The van der Waals surface area contributed by atoms with Crippen molar-refractivity contribution in [2.45, 2.75) is 6.42 Å². The highest BCUT2D eigenvalue weighted by Crippen LogP contribution is 2.30. The zero-order chi connectivity index (χ0) is 9.26. The van der Waals surface area contributed by atoms with Crippen LogP contribution in [0, 0.1) is 0 Å². The highest BCUT2D eigenvalue weighted by Gasteiger charge is 2.15. The molecule has 0 amide bonds. The molecule has 0 saturated carbocycles. The van der Waals surface area contributed by atoms with Gasteiger partial charge in [-0.1, -0.05) is 0 Å². The highest BCUT2D eigenvalue weighted by molar-refractivity contribution is 9.11. The van der Waals surface area contributed by atoms with Crippen LogP contribution in [0.25, 0.3) is 0 Å². The maximum atomic E-state index is 5.39. The number of fused-ring (bicyclic) bond motifs is 1. The Kier molecular flexibility index (Phi) is 2.27. The Balaban J connectivity index is 2.28. The van der Waals surface area contributed by atoms with E-state index in [-0.39, 0.29) is 0 Å². The molecule has 0 fully saturated rings. The number of methoxy groups -OCH3 is 1. The maximum Gasteiger partial charge on any atom is 0.133 e. The molecule has 0 aromatic carbocycles. The quantitative estimate of drug-likeness (QED) is 0.702. The van der Waals surface area contributed by atoms with Gasteiger partial charge in [-0.15, -0.1) is 0 Å². The first-order chi connectivity index (χ1) is 6.29. The second kappa shape index (κ2) is 3.42. The predicted octanol–water partition coefficient (Wildman–Crippen LogP) is 3.00. The van der Waals surface area contributed by atoms with E-state index in [2.05, 4.69) is 22.0 Å². The van der Waals surface area contributed by atoms with Crippen LogP contribution in [0.5, 0.6) is 0 Å². The first-order valence-corrected chi connectivity index (χ1v) is 4.78. The lowest BCUT2D eigenvalue weighted by atomic mass is 10.0. The molecule has 0 bridgehead atoms. The van der Waals surface area contributed by atoms with Crippen LogP contribution in [0.4, 0.5) is 0 Å². The molecule has 0 saturated heterocycles. The van der Waals surface area contributed by atoms with Crippen LogP contribution in [-0.2, 0) is 9.47 Å². The number of hydrogen-bond acceptors (Lipinski definition) is 2. The van der Waals surface area contributed by atoms with Gasteiger partial charge in [-0.3, -0.25) is 0 Å². The van der Waals surface area contributed by atoms with Crippen LogP contribution >= 0.6 is 15.9 Å². The summed E-state index contributed by atoms with van der Waals surface area (Å²) in [5.74, 6) is 1.74. The van der Waals surface area contributed by atoms with E-state index in [1.807, 2.05) is 12.2 Å². The van der Waals surface area contributed by atoms with Crippen molar-refractivity contribution >= 4 is 15.9 Å². The van der Waals surface area contributed by atoms with Crippen molar-refractivity contribution in [1.29, 1.82) is 0 Å². The summed E-state index contributed by atoms with van der Waals surface area (Å²) in [5.41, 5.74) is 1.18. The molecule has 2 rings (SSSR count). The average Bonchev–Trinajstić information content (AvgIpc) is 2.17. The maximum absolute atomic E-state index is 5.39. The van der Waals surface area contributed by atoms with Gasteiger partial charge in [0.15, 0.2) is 0 Å². The molecule has 0 atom stereocenters.